The van der Waals surface area contributed by atoms with Crippen molar-refractivity contribution in [3.05, 3.63) is 51.9 Å². The quantitative estimate of drug-likeness (QED) is 0.669. The Labute approximate surface area is 188 Å². The first-order chi connectivity index (χ1) is 15.0. The molecule has 5 rings (SSSR count). The number of piperidine rings is 2. The van der Waals surface area contributed by atoms with E-state index in [-0.39, 0.29) is 5.97 Å². The molecule has 1 aromatic heterocycles. The van der Waals surface area contributed by atoms with E-state index in [0.29, 0.717) is 17.2 Å². The summed E-state index contributed by atoms with van der Waals surface area (Å²) in [6.45, 7) is 8.03. The molecule has 1 spiro atoms. The van der Waals surface area contributed by atoms with E-state index in [0.717, 1.165) is 43.0 Å². The summed E-state index contributed by atoms with van der Waals surface area (Å²) in [5.74, 6) is 0.719. The third kappa shape index (κ3) is 4.15. The topological polar surface area (TPSA) is 58.6 Å². The monoisotopic (exact) mass is 440 g/mol. The SMILES string of the molecule is Cc1c(CCN2CCC3(CC2)CCN(c2cncc(Cl)n2)CC3)ccc2c1COC2=O. The van der Waals surface area contributed by atoms with Gasteiger partial charge in [-0.25, -0.2) is 9.78 Å². The van der Waals surface area contributed by atoms with Crippen molar-refractivity contribution in [3.63, 3.8) is 0 Å². The summed E-state index contributed by atoms with van der Waals surface area (Å²) in [6.07, 6.45) is 9.40. The van der Waals surface area contributed by atoms with Gasteiger partial charge < -0.3 is 14.5 Å². The van der Waals surface area contributed by atoms with Crippen LogP contribution in [0.15, 0.2) is 24.5 Å². The van der Waals surface area contributed by atoms with Crippen molar-refractivity contribution in [2.24, 2.45) is 5.41 Å². The van der Waals surface area contributed by atoms with Crippen LogP contribution >= 0.6 is 11.6 Å². The van der Waals surface area contributed by atoms with E-state index in [9.17, 15) is 4.79 Å². The van der Waals surface area contributed by atoms with Crippen LogP contribution in [0.2, 0.25) is 5.15 Å². The van der Waals surface area contributed by atoms with Crippen LogP contribution in [0.1, 0.15) is 52.7 Å². The lowest BCUT2D eigenvalue weighted by molar-refractivity contribution is 0.0535. The van der Waals surface area contributed by atoms with Crippen LogP contribution in [0.25, 0.3) is 0 Å². The second kappa shape index (κ2) is 8.40. The molecule has 0 N–H and O–H groups in total. The molecular weight excluding hydrogens is 412 g/mol. The molecule has 31 heavy (non-hydrogen) atoms. The van der Waals surface area contributed by atoms with Gasteiger partial charge >= 0.3 is 5.97 Å². The number of esters is 1. The average Bonchev–Trinajstić information content (AvgIpc) is 3.17. The Kier molecular flexibility index (Phi) is 5.61. The lowest BCUT2D eigenvalue weighted by atomic mass is 9.71. The Morgan fingerprint density at radius 2 is 1.84 bits per heavy atom. The third-order valence-corrected chi connectivity index (χ3v) is 7.81. The summed E-state index contributed by atoms with van der Waals surface area (Å²) in [7, 11) is 0. The lowest BCUT2D eigenvalue weighted by Crippen LogP contribution is -2.47. The number of benzene rings is 1. The normalized spacial score (nSPS) is 20.7. The molecule has 0 bridgehead atoms. The predicted octanol–water partition coefficient (Wildman–Crippen LogP) is 4.03. The number of carbonyl (C=O) groups excluding carboxylic acids is 1. The third-order valence-electron chi connectivity index (χ3n) is 7.63. The number of hydrogen-bond donors (Lipinski definition) is 0. The van der Waals surface area contributed by atoms with Crippen molar-refractivity contribution in [1.82, 2.24) is 14.9 Å². The van der Waals surface area contributed by atoms with Gasteiger partial charge in [0.2, 0.25) is 0 Å². The molecule has 4 heterocycles. The Morgan fingerprint density at radius 1 is 1.10 bits per heavy atom. The number of fused-ring (bicyclic) bond motifs is 1. The summed E-state index contributed by atoms with van der Waals surface area (Å²) in [6, 6.07) is 4.05. The van der Waals surface area contributed by atoms with Crippen LogP contribution in [-0.2, 0) is 17.8 Å². The van der Waals surface area contributed by atoms with Crippen LogP contribution in [0.4, 0.5) is 5.82 Å². The number of likely N-dealkylation sites (tertiary alicyclic amines) is 1. The summed E-state index contributed by atoms with van der Waals surface area (Å²) in [4.78, 5) is 25.3. The van der Waals surface area contributed by atoms with Gasteiger partial charge in [-0.3, -0.25) is 4.98 Å². The smallest absolute Gasteiger partial charge is 0.338 e. The van der Waals surface area contributed by atoms with Gasteiger partial charge in [0.25, 0.3) is 0 Å². The molecule has 0 aliphatic carbocycles. The molecule has 2 fully saturated rings. The molecule has 164 valence electrons. The highest BCUT2D eigenvalue weighted by atomic mass is 35.5. The Balaban J connectivity index is 1.13. The Bertz CT molecular complexity index is 978. The number of rotatable bonds is 4. The van der Waals surface area contributed by atoms with E-state index in [2.05, 4.69) is 32.8 Å². The summed E-state index contributed by atoms with van der Waals surface area (Å²) < 4.78 is 5.19. The molecule has 2 saturated heterocycles. The molecule has 0 radical (unpaired) electrons. The van der Waals surface area contributed by atoms with Crippen molar-refractivity contribution < 1.29 is 9.53 Å². The van der Waals surface area contributed by atoms with Gasteiger partial charge in [0.1, 0.15) is 17.6 Å². The number of anilines is 1. The van der Waals surface area contributed by atoms with Gasteiger partial charge in [-0.05, 0) is 74.7 Å². The molecule has 3 aliphatic rings. The van der Waals surface area contributed by atoms with Crippen LogP contribution in [0, 0.1) is 12.3 Å². The van der Waals surface area contributed by atoms with E-state index in [1.165, 1.54) is 49.9 Å². The highest BCUT2D eigenvalue weighted by molar-refractivity contribution is 6.29. The Hall–Kier alpha value is -2.18. The highest BCUT2D eigenvalue weighted by Gasteiger charge is 2.37. The molecule has 1 aromatic carbocycles. The number of nitrogens with zero attached hydrogens (tertiary/aromatic N) is 4. The van der Waals surface area contributed by atoms with Crippen LogP contribution in [0.3, 0.4) is 0 Å². The number of ether oxygens (including phenoxy) is 1. The van der Waals surface area contributed by atoms with E-state index >= 15 is 0 Å². The maximum atomic E-state index is 11.8. The molecular formula is C24H29ClN4O2. The van der Waals surface area contributed by atoms with Gasteiger partial charge in [0, 0.05) is 25.2 Å². The zero-order chi connectivity index (χ0) is 21.4. The molecule has 6 nitrogen and oxygen atoms in total. The first-order valence-electron chi connectivity index (χ1n) is 11.3. The summed E-state index contributed by atoms with van der Waals surface area (Å²) in [5.41, 5.74) is 4.87. The van der Waals surface area contributed by atoms with Crippen molar-refractivity contribution >= 4 is 23.4 Å². The fraction of sp³-hybridized carbons (Fsp3) is 0.542. The highest BCUT2D eigenvalue weighted by Crippen LogP contribution is 2.42. The zero-order valence-corrected chi connectivity index (χ0v) is 18.8. The molecule has 0 atom stereocenters. The van der Waals surface area contributed by atoms with E-state index in [1.807, 2.05) is 12.3 Å². The maximum Gasteiger partial charge on any atom is 0.338 e. The number of hydrogen-bond acceptors (Lipinski definition) is 6. The summed E-state index contributed by atoms with van der Waals surface area (Å²) >= 11 is 6.01. The molecule has 0 unspecified atom stereocenters. The van der Waals surface area contributed by atoms with E-state index in [1.54, 1.807) is 6.20 Å². The largest absolute Gasteiger partial charge is 0.457 e. The van der Waals surface area contributed by atoms with Crippen LogP contribution in [0.5, 0.6) is 0 Å². The minimum Gasteiger partial charge on any atom is -0.457 e. The van der Waals surface area contributed by atoms with E-state index in [4.69, 9.17) is 16.3 Å². The minimum atomic E-state index is -0.181. The second-order valence-electron chi connectivity index (χ2n) is 9.23. The zero-order valence-electron chi connectivity index (χ0n) is 18.1. The first kappa shape index (κ1) is 20.7. The van der Waals surface area contributed by atoms with Gasteiger partial charge in [-0.1, -0.05) is 17.7 Å². The van der Waals surface area contributed by atoms with Gasteiger partial charge in [0.05, 0.1) is 18.0 Å². The number of carbonyl (C=O) groups is 1. The maximum absolute atomic E-state index is 11.8. The van der Waals surface area contributed by atoms with Crippen LogP contribution in [-0.4, -0.2) is 53.6 Å². The number of aromatic nitrogens is 2. The Morgan fingerprint density at radius 3 is 2.58 bits per heavy atom. The van der Waals surface area contributed by atoms with Crippen molar-refractivity contribution in [2.45, 2.75) is 45.6 Å². The van der Waals surface area contributed by atoms with Gasteiger partial charge in [-0.2, -0.15) is 0 Å². The van der Waals surface area contributed by atoms with Gasteiger partial charge in [-0.15, -0.1) is 0 Å². The molecule has 0 amide bonds. The fourth-order valence-corrected chi connectivity index (χ4v) is 5.54. The predicted molar refractivity (Wildman–Crippen MR) is 121 cm³/mol. The van der Waals surface area contributed by atoms with Crippen molar-refractivity contribution in [1.29, 1.82) is 0 Å². The molecule has 2 aromatic rings. The van der Waals surface area contributed by atoms with Gasteiger partial charge in [0.15, 0.2) is 0 Å². The van der Waals surface area contributed by atoms with Crippen LogP contribution < -0.4 is 4.90 Å². The lowest BCUT2D eigenvalue weighted by Gasteiger charge is -2.47. The average molecular weight is 441 g/mol. The standard InChI is InChI=1S/C24H29ClN4O2/c1-17-18(2-3-19-20(17)16-31-23(19)30)4-9-28-10-5-24(6-11-28)7-12-29(13-8-24)22-15-26-14-21(25)27-22/h2-3,14-15H,4-13,16H2,1H3. The van der Waals surface area contributed by atoms with Crippen molar-refractivity contribution in [3.8, 4) is 0 Å². The van der Waals surface area contributed by atoms with E-state index < -0.39 is 0 Å². The molecule has 0 saturated carbocycles. The van der Waals surface area contributed by atoms with Crippen molar-refractivity contribution in [2.75, 3.05) is 37.6 Å². The summed E-state index contributed by atoms with van der Waals surface area (Å²) in [5, 5.41) is 0.462. The number of halogens is 1. The first-order valence-corrected chi connectivity index (χ1v) is 11.6. The fourth-order valence-electron chi connectivity index (χ4n) is 5.39. The number of cyclic esters (lactones) is 1. The molecule has 3 aliphatic heterocycles. The molecule has 7 heteroatoms. The second-order valence-corrected chi connectivity index (χ2v) is 9.62. The minimum absolute atomic E-state index is 0.181.